The first-order valence-electron chi connectivity index (χ1n) is 9.54. The maximum absolute atomic E-state index is 12.3. The number of nitrogens with zero attached hydrogens (tertiary/aromatic N) is 1. The van der Waals surface area contributed by atoms with E-state index < -0.39 is 11.9 Å². The second kappa shape index (κ2) is 11.8. The number of benzene rings is 2. The Labute approximate surface area is 186 Å². The summed E-state index contributed by atoms with van der Waals surface area (Å²) in [6, 6.07) is 11.6. The molecular weight excluding hydrogens is 414 g/mol. The highest BCUT2D eigenvalue weighted by Crippen LogP contribution is 2.30. The van der Waals surface area contributed by atoms with Crippen molar-refractivity contribution in [1.29, 1.82) is 5.26 Å². The topological polar surface area (TPSA) is 104 Å². The molecule has 0 aliphatic rings. The van der Waals surface area contributed by atoms with E-state index in [0.717, 1.165) is 5.56 Å². The number of carbonyl (C=O) groups excluding carboxylic acids is 2. The summed E-state index contributed by atoms with van der Waals surface area (Å²) >= 11 is 0. The van der Waals surface area contributed by atoms with E-state index in [2.05, 4.69) is 0 Å². The molecule has 0 aliphatic carbocycles. The zero-order valence-electron chi connectivity index (χ0n) is 18.2. The third kappa shape index (κ3) is 6.37. The van der Waals surface area contributed by atoms with Crippen LogP contribution in [0.2, 0.25) is 0 Å². The Hall–Kier alpha value is -4.25. The van der Waals surface area contributed by atoms with Crippen LogP contribution in [-0.2, 0) is 14.3 Å². The summed E-state index contributed by atoms with van der Waals surface area (Å²) in [7, 11) is 4.48. The van der Waals surface area contributed by atoms with Crippen LogP contribution in [-0.4, -0.2) is 39.9 Å². The van der Waals surface area contributed by atoms with Crippen LogP contribution in [0.5, 0.6) is 23.0 Å². The molecule has 0 aliphatic heterocycles. The van der Waals surface area contributed by atoms with E-state index >= 15 is 0 Å². The minimum absolute atomic E-state index is 0.156. The van der Waals surface area contributed by atoms with E-state index in [1.54, 1.807) is 43.3 Å². The van der Waals surface area contributed by atoms with Gasteiger partial charge in [0.2, 0.25) is 0 Å². The fourth-order valence-electron chi connectivity index (χ4n) is 2.63. The lowest BCUT2D eigenvalue weighted by Gasteiger charge is -2.09. The second-order valence-corrected chi connectivity index (χ2v) is 6.17. The second-order valence-electron chi connectivity index (χ2n) is 6.17. The Bertz CT molecular complexity index is 1080. The highest BCUT2D eigenvalue weighted by atomic mass is 16.6. The molecule has 0 radical (unpaired) electrons. The van der Waals surface area contributed by atoms with Gasteiger partial charge in [-0.3, -0.25) is 0 Å². The average molecular weight is 437 g/mol. The zero-order chi connectivity index (χ0) is 23.5. The summed E-state index contributed by atoms with van der Waals surface area (Å²) in [5, 5.41) is 9.16. The van der Waals surface area contributed by atoms with Crippen molar-refractivity contribution in [3.63, 3.8) is 0 Å². The van der Waals surface area contributed by atoms with Crippen molar-refractivity contribution in [2.45, 2.75) is 6.92 Å². The van der Waals surface area contributed by atoms with Gasteiger partial charge in [0.15, 0.2) is 23.0 Å². The van der Waals surface area contributed by atoms with Gasteiger partial charge in [-0.1, -0.05) is 12.1 Å². The van der Waals surface area contributed by atoms with Gasteiger partial charge in [-0.05, 0) is 54.5 Å². The van der Waals surface area contributed by atoms with Crippen LogP contribution in [0.1, 0.15) is 18.1 Å². The molecule has 32 heavy (non-hydrogen) atoms. The highest BCUT2D eigenvalue weighted by molar-refractivity contribution is 5.98. The zero-order valence-corrected chi connectivity index (χ0v) is 18.2. The van der Waals surface area contributed by atoms with Crippen molar-refractivity contribution in [2.75, 3.05) is 27.9 Å². The molecule has 0 heterocycles. The number of methoxy groups -OCH3 is 3. The van der Waals surface area contributed by atoms with Crippen LogP contribution >= 0.6 is 0 Å². The molecule has 8 heteroatoms. The molecule has 0 saturated heterocycles. The normalized spacial score (nSPS) is 10.9. The molecule has 0 fully saturated rings. The highest BCUT2D eigenvalue weighted by Gasteiger charge is 2.13. The molecule has 0 saturated carbocycles. The minimum Gasteiger partial charge on any atom is -0.493 e. The molecule has 166 valence electrons. The summed E-state index contributed by atoms with van der Waals surface area (Å²) in [6.45, 7) is 1.81. The monoisotopic (exact) mass is 437 g/mol. The summed E-state index contributed by atoms with van der Waals surface area (Å²) in [4.78, 5) is 24.0. The van der Waals surface area contributed by atoms with Crippen LogP contribution in [0, 0.1) is 11.3 Å². The smallest absolute Gasteiger partial charge is 0.348 e. The number of rotatable bonds is 9. The Morgan fingerprint density at radius 3 is 2.12 bits per heavy atom. The molecule has 2 aromatic carbocycles. The number of ether oxygens (including phenoxy) is 5. The Morgan fingerprint density at radius 2 is 1.50 bits per heavy atom. The lowest BCUT2D eigenvalue weighted by Crippen LogP contribution is -2.06. The molecule has 8 nitrogen and oxygen atoms in total. The first-order valence-corrected chi connectivity index (χ1v) is 9.54. The fraction of sp³-hybridized carbons (Fsp3) is 0.208. The first-order chi connectivity index (χ1) is 15.4. The molecule has 2 rings (SSSR count). The standard InChI is InChI=1S/C24H23NO7/c1-5-31-24(27)18(15-25)12-17-7-10-20(22(14-17)30-4)32-23(26)11-8-16-6-9-19(28-2)21(13-16)29-3/h6-14H,5H2,1-4H3/b11-8+,18-12+. The summed E-state index contributed by atoms with van der Waals surface area (Å²) in [5.74, 6) is 0.214. The third-order valence-electron chi connectivity index (χ3n) is 4.14. The van der Waals surface area contributed by atoms with Gasteiger partial charge in [0.25, 0.3) is 0 Å². The summed E-state index contributed by atoms with van der Waals surface area (Å²) in [5.41, 5.74) is 1.07. The molecule has 2 aromatic rings. The van der Waals surface area contributed by atoms with Gasteiger partial charge in [-0.15, -0.1) is 0 Å². The lowest BCUT2D eigenvalue weighted by atomic mass is 10.1. The van der Waals surface area contributed by atoms with Crippen molar-refractivity contribution < 1.29 is 33.3 Å². The predicted molar refractivity (Wildman–Crippen MR) is 117 cm³/mol. The number of esters is 2. The molecule has 0 aromatic heterocycles. The van der Waals surface area contributed by atoms with Gasteiger partial charge < -0.3 is 23.7 Å². The molecule has 0 atom stereocenters. The van der Waals surface area contributed by atoms with Crippen molar-refractivity contribution in [3.05, 3.63) is 59.2 Å². The SMILES string of the molecule is CCOC(=O)/C(C#N)=C/c1ccc(OC(=O)/C=C/c2ccc(OC)c(OC)c2)c(OC)c1. The molecule has 0 amide bonds. The van der Waals surface area contributed by atoms with E-state index in [1.807, 2.05) is 0 Å². The van der Waals surface area contributed by atoms with Crippen LogP contribution in [0.3, 0.4) is 0 Å². The Balaban J connectivity index is 2.17. The van der Waals surface area contributed by atoms with Gasteiger partial charge >= 0.3 is 11.9 Å². The van der Waals surface area contributed by atoms with Gasteiger partial charge in [-0.25, -0.2) is 9.59 Å². The Kier molecular flexibility index (Phi) is 8.87. The van der Waals surface area contributed by atoms with Crippen molar-refractivity contribution in [2.24, 2.45) is 0 Å². The maximum Gasteiger partial charge on any atom is 0.348 e. The Morgan fingerprint density at radius 1 is 0.906 bits per heavy atom. The van der Waals surface area contributed by atoms with E-state index in [4.69, 9.17) is 28.9 Å². The average Bonchev–Trinajstić information content (AvgIpc) is 2.81. The van der Waals surface area contributed by atoms with Crippen LogP contribution in [0.25, 0.3) is 12.2 Å². The third-order valence-corrected chi connectivity index (χ3v) is 4.14. The predicted octanol–water partition coefficient (Wildman–Crippen LogP) is 3.80. The molecule has 0 spiro atoms. The molecule has 0 unspecified atom stereocenters. The quantitative estimate of drug-likeness (QED) is 0.253. The van der Waals surface area contributed by atoms with E-state index in [0.29, 0.717) is 17.1 Å². The van der Waals surface area contributed by atoms with Crippen LogP contribution in [0.4, 0.5) is 0 Å². The van der Waals surface area contributed by atoms with Crippen molar-refractivity contribution in [3.8, 4) is 29.1 Å². The van der Waals surface area contributed by atoms with Crippen molar-refractivity contribution in [1.82, 2.24) is 0 Å². The largest absolute Gasteiger partial charge is 0.493 e. The van der Waals surface area contributed by atoms with Crippen LogP contribution < -0.4 is 18.9 Å². The van der Waals surface area contributed by atoms with Gasteiger partial charge in [0, 0.05) is 6.08 Å². The number of hydrogen-bond donors (Lipinski definition) is 0. The van der Waals surface area contributed by atoms with Crippen molar-refractivity contribution >= 4 is 24.1 Å². The first kappa shape index (κ1) is 24.0. The van der Waals surface area contributed by atoms with Crippen LogP contribution in [0.15, 0.2) is 48.0 Å². The van der Waals surface area contributed by atoms with E-state index in [-0.39, 0.29) is 23.7 Å². The maximum atomic E-state index is 12.3. The fourth-order valence-corrected chi connectivity index (χ4v) is 2.63. The van der Waals surface area contributed by atoms with Gasteiger partial charge in [-0.2, -0.15) is 5.26 Å². The van der Waals surface area contributed by atoms with E-state index in [9.17, 15) is 9.59 Å². The summed E-state index contributed by atoms with van der Waals surface area (Å²) < 4.78 is 25.9. The number of hydrogen-bond acceptors (Lipinski definition) is 8. The lowest BCUT2D eigenvalue weighted by molar-refractivity contribution is -0.138. The van der Waals surface area contributed by atoms with Gasteiger partial charge in [0.1, 0.15) is 11.6 Å². The molecular formula is C24H23NO7. The number of nitriles is 1. The minimum atomic E-state index is -0.718. The number of carbonyl (C=O) groups is 2. The molecule has 0 bridgehead atoms. The van der Waals surface area contributed by atoms with Gasteiger partial charge in [0.05, 0.1) is 27.9 Å². The summed E-state index contributed by atoms with van der Waals surface area (Å²) in [6.07, 6.45) is 4.21. The van der Waals surface area contributed by atoms with E-state index in [1.165, 1.54) is 45.6 Å². The molecule has 0 N–H and O–H groups in total.